The Kier molecular flexibility index (Phi) is 8.06. The van der Waals surface area contributed by atoms with E-state index in [0.29, 0.717) is 35.8 Å². The van der Waals surface area contributed by atoms with Gasteiger partial charge in [-0.15, -0.1) is 0 Å². The van der Waals surface area contributed by atoms with E-state index in [1.165, 1.54) is 0 Å². The topological polar surface area (TPSA) is 140 Å². The van der Waals surface area contributed by atoms with Crippen LogP contribution in [-0.2, 0) is 0 Å². The van der Waals surface area contributed by atoms with E-state index in [4.69, 9.17) is 26.6 Å². The van der Waals surface area contributed by atoms with Gasteiger partial charge in [-0.05, 0) is 44.9 Å². The molecule has 1 aliphatic rings. The van der Waals surface area contributed by atoms with Gasteiger partial charge in [-0.25, -0.2) is 4.98 Å². The molecule has 1 saturated heterocycles. The average molecular weight is 406 g/mol. The monoisotopic (exact) mass is 406 g/mol. The van der Waals surface area contributed by atoms with Gasteiger partial charge >= 0.3 is 0 Å². The van der Waals surface area contributed by atoms with E-state index in [2.05, 4.69) is 11.1 Å². The molecule has 0 spiro atoms. The van der Waals surface area contributed by atoms with Gasteiger partial charge in [0, 0.05) is 36.4 Å². The molecule has 8 nitrogen and oxygen atoms in total. The zero-order valence-corrected chi connectivity index (χ0v) is 17.2. The van der Waals surface area contributed by atoms with E-state index in [1.54, 1.807) is 23.2 Å². The third-order valence-electron chi connectivity index (χ3n) is 4.74. The van der Waals surface area contributed by atoms with Crippen molar-refractivity contribution in [1.29, 1.82) is 16.1 Å². The minimum atomic E-state index is -0.154. The van der Waals surface area contributed by atoms with Gasteiger partial charge in [-0.2, -0.15) is 5.26 Å². The van der Waals surface area contributed by atoms with Gasteiger partial charge in [0.25, 0.3) is 5.91 Å². The number of ether oxygens (including phenoxy) is 1. The number of benzene rings is 1. The molecule has 0 bridgehead atoms. The molecule has 1 aromatic carbocycles. The number of rotatable bonds is 4. The van der Waals surface area contributed by atoms with Crippen molar-refractivity contribution in [2.75, 3.05) is 18.8 Å². The molecule has 3 rings (SSSR count). The second kappa shape index (κ2) is 10.7. The standard InChI is InChI=1S/C20H22N4O2.C2H4N2/c1-13-5-6-18(22)17(10-13)20(25)24-9-3-4-16(12-24)26-19-14(2)15(11-21)7-8-23-19;3-1-2-4/h5-8,10,16H,3-4,9,12,22H2,1-2H3;1-4H/t16-;/m1./s1. The molecule has 1 fully saturated rings. The molecule has 4 N–H and O–H groups in total. The molecule has 0 unspecified atom stereocenters. The molecule has 0 aliphatic carbocycles. The Balaban J connectivity index is 0.000000735. The van der Waals surface area contributed by atoms with Crippen LogP contribution in [0.5, 0.6) is 5.88 Å². The summed E-state index contributed by atoms with van der Waals surface area (Å²) in [5, 5.41) is 21.3. The van der Waals surface area contributed by atoms with E-state index in [1.807, 2.05) is 26.0 Å². The number of amides is 1. The first-order chi connectivity index (χ1) is 14.4. The quantitative estimate of drug-likeness (QED) is 0.528. The molecule has 1 aliphatic heterocycles. The number of likely N-dealkylation sites (tertiary alicyclic amines) is 1. The normalized spacial score (nSPS) is 15.2. The lowest BCUT2D eigenvalue weighted by molar-refractivity contribution is 0.0527. The number of carbonyl (C=O) groups excluding carboxylic acids is 1. The molecule has 1 amide bonds. The molecular weight excluding hydrogens is 380 g/mol. The third-order valence-corrected chi connectivity index (χ3v) is 4.74. The predicted molar refractivity (Wildman–Crippen MR) is 116 cm³/mol. The maximum absolute atomic E-state index is 12.9. The number of piperidine rings is 1. The summed E-state index contributed by atoms with van der Waals surface area (Å²) in [6, 6.07) is 9.28. The van der Waals surface area contributed by atoms with Gasteiger partial charge in [0.05, 0.1) is 23.7 Å². The van der Waals surface area contributed by atoms with Crippen LogP contribution in [0, 0.1) is 36.0 Å². The van der Waals surface area contributed by atoms with Crippen molar-refractivity contribution in [2.45, 2.75) is 32.8 Å². The van der Waals surface area contributed by atoms with Crippen molar-refractivity contribution in [1.82, 2.24) is 9.88 Å². The van der Waals surface area contributed by atoms with Crippen molar-refractivity contribution in [3.05, 3.63) is 52.7 Å². The number of hydrogen-bond donors (Lipinski definition) is 3. The maximum atomic E-state index is 12.9. The van der Waals surface area contributed by atoms with Crippen LogP contribution in [0.2, 0.25) is 0 Å². The number of carbonyl (C=O) groups is 1. The second-order valence-corrected chi connectivity index (χ2v) is 6.96. The van der Waals surface area contributed by atoms with Gasteiger partial charge in [0.15, 0.2) is 0 Å². The van der Waals surface area contributed by atoms with Gasteiger partial charge in [-0.3, -0.25) is 4.79 Å². The fourth-order valence-corrected chi connectivity index (χ4v) is 3.16. The number of pyridine rings is 1. The zero-order chi connectivity index (χ0) is 22.1. The maximum Gasteiger partial charge on any atom is 0.256 e. The number of aryl methyl sites for hydroxylation is 1. The smallest absolute Gasteiger partial charge is 0.256 e. The Bertz CT molecular complexity index is 961. The second-order valence-electron chi connectivity index (χ2n) is 6.96. The number of hydrogen-bond acceptors (Lipinski definition) is 7. The molecule has 0 saturated carbocycles. The molecule has 2 heterocycles. The lowest BCUT2D eigenvalue weighted by Crippen LogP contribution is -2.44. The van der Waals surface area contributed by atoms with E-state index >= 15 is 0 Å². The average Bonchev–Trinajstić information content (AvgIpc) is 2.76. The summed E-state index contributed by atoms with van der Waals surface area (Å²) in [7, 11) is 0. The van der Waals surface area contributed by atoms with E-state index in [0.717, 1.165) is 36.4 Å². The zero-order valence-electron chi connectivity index (χ0n) is 17.2. The van der Waals surface area contributed by atoms with Crippen molar-refractivity contribution in [3.8, 4) is 11.9 Å². The number of nitriles is 1. The van der Waals surface area contributed by atoms with Gasteiger partial charge in [0.1, 0.15) is 6.10 Å². The van der Waals surface area contributed by atoms with Crippen LogP contribution in [-0.4, -0.2) is 47.4 Å². The molecule has 2 aromatic rings. The summed E-state index contributed by atoms with van der Waals surface area (Å²) in [6.45, 7) is 4.91. The van der Waals surface area contributed by atoms with Gasteiger partial charge in [0.2, 0.25) is 5.88 Å². The molecule has 0 radical (unpaired) electrons. The van der Waals surface area contributed by atoms with Crippen molar-refractivity contribution >= 4 is 24.0 Å². The third kappa shape index (κ3) is 5.64. The highest BCUT2D eigenvalue weighted by Crippen LogP contribution is 2.24. The highest BCUT2D eigenvalue weighted by molar-refractivity contribution is 6.12. The molecule has 156 valence electrons. The lowest BCUT2D eigenvalue weighted by Gasteiger charge is -2.33. The van der Waals surface area contributed by atoms with Gasteiger partial charge < -0.3 is 26.2 Å². The summed E-state index contributed by atoms with van der Waals surface area (Å²) in [4.78, 5) is 18.9. The van der Waals surface area contributed by atoms with E-state index in [9.17, 15) is 4.79 Å². The summed E-state index contributed by atoms with van der Waals surface area (Å²) in [5.74, 6) is 0.383. The van der Waals surface area contributed by atoms with E-state index in [-0.39, 0.29) is 12.0 Å². The van der Waals surface area contributed by atoms with Crippen LogP contribution in [0.25, 0.3) is 0 Å². The molecule has 30 heavy (non-hydrogen) atoms. The van der Waals surface area contributed by atoms with Crippen LogP contribution in [0.15, 0.2) is 30.5 Å². The Hall–Kier alpha value is -3.73. The highest BCUT2D eigenvalue weighted by Gasteiger charge is 2.27. The number of nitrogen functional groups attached to an aromatic ring is 1. The summed E-state index contributed by atoms with van der Waals surface area (Å²) in [5.41, 5.74) is 9.28. The Morgan fingerprint density at radius 3 is 2.73 bits per heavy atom. The fourth-order valence-electron chi connectivity index (χ4n) is 3.16. The van der Waals surface area contributed by atoms with Crippen molar-refractivity contribution in [3.63, 3.8) is 0 Å². The first-order valence-electron chi connectivity index (χ1n) is 9.58. The SMILES string of the molecule is Cc1ccc(N)c(C(=O)N2CCC[C@@H](Oc3nccc(C#N)c3C)C2)c1.N=CC=N. The van der Waals surface area contributed by atoms with Crippen LogP contribution < -0.4 is 10.5 Å². The Morgan fingerprint density at radius 2 is 2.07 bits per heavy atom. The highest BCUT2D eigenvalue weighted by atomic mass is 16.5. The first kappa shape index (κ1) is 22.6. The molecular formula is C22H26N6O2. The van der Waals surface area contributed by atoms with Crippen LogP contribution in [0.4, 0.5) is 5.69 Å². The summed E-state index contributed by atoms with van der Waals surface area (Å²) < 4.78 is 6.01. The predicted octanol–water partition coefficient (Wildman–Crippen LogP) is 3.12. The van der Waals surface area contributed by atoms with Crippen LogP contribution >= 0.6 is 0 Å². The van der Waals surface area contributed by atoms with Crippen LogP contribution in [0.1, 0.15) is 39.9 Å². The fraction of sp³-hybridized carbons (Fsp3) is 0.318. The first-order valence-corrected chi connectivity index (χ1v) is 9.58. The number of nitrogens with one attached hydrogen (secondary N) is 2. The number of nitrogens with zero attached hydrogens (tertiary/aromatic N) is 3. The summed E-state index contributed by atoms with van der Waals surface area (Å²) in [6.07, 6.45) is 4.93. The van der Waals surface area contributed by atoms with E-state index < -0.39 is 0 Å². The Labute approximate surface area is 176 Å². The molecule has 8 heteroatoms. The largest absolute Gasteiger partial charge is 0.472 e. The summed E-state index contributed by atoms with van der Waals surface area (Å²) >= 11 is 0. The Morgan fingerprint density at radius 1 is 1.33 bits per heavy atom. The number of aromatic nitrogens is 1. The van der Waals surface area contributed by atoms with Gasteiger partial charge in [-0.1, -0.05) is 11.6 Å². The lowest BCUT2D eigenvalue weighted by atomic mass is 10.0. The van der Waals surface area contributed by atoms with Crippen LogP contribution in [0.3, 0.4) is 0 Å². The van der Waals surface area contributed by atoms with Crippen molar-refractivity contribution in [2.24, 2.45) is 0 Å². The number of anilines is 1. The molecule has 1 atom stereocenters. The minimum Gasteiger partial charge on any atom is -0.472 e. The van der Waals surface area contributed by atoms with Crippen molar-refractivity contribution < 1.29 is 9.53 Å². The number of nitrogens with two attached hydrogens (primary N) is 1. The molecule has 1 aromatic heterocycles. The minimum absolute atomic E-state index is 0.0741.